The molecule has 2 aromatic rings. The number of hydrogen-bond acceptors (Lipinski definition) is 4. The quantitative estimate of drug-likeness (QED) is 0.831. The second-order valence-electron chi connectivity index (χ2n) is 3.89. The van der Waals surface area contributed by atoms with Crippen molar-refractivity contribution in [2.75, 3.05) is 11.1 Å². The van der Waals surface area contributed by atoms with Crippen LogP contribution in [0.2, 0.25) is 0 Å². The van der Waals surface area contributed by atoms with Crippen LogP contribution in [0.3, 0.4) is 0 Å². The summed E-state index contributed by atoms with van der Waals surface area (Å²) < 4.78 is 25.0. The van der Waals surface area contributed by atoms with Gasteiger partial charge >= 0.3 is 0 Å². The lowest BCUT2D eigenvalue weighted by molar-refractivity contribution is 0.252. The Bertz CT molecular complexity index is 576. The lowest BCUT2D eigenvalue weighted by Gasteiger charge is -2.12. The summed E-state index contributed by atoms with van der Waals surface area (Å²) in [7, 11) is 0. The number of benzene rings is 1. The zero-order valence-electron chi connectivity index (χ0n) is 10.2. The molecule has 0 fully saturated rings. The molecule has 1 aromatic carbocycles. The summed E-state index contributed by atoms with van der Waals surface area (Å²) >= 11 is 0.490. The number of alkyl halides is 2. The van der Waals surface area contributed by atoms with Gasteiger partial charge in [0.05, 0.1) is 11.4 Å². The van der Waals surface area contributed by atoms with E-state index in [1.165, 1.54) is 0 Å². The maximum absolute atomic E-state index is 12.5. The van der Waals surface area contributed by atoms with E-state index in [9.17, 15) is 8.78 Å². The number of nitrogen functional groups attached to an aromatic ring is 1. The van der Waals surface area contributed by atoms with Gasteiger partial charge in [-0.05, 0) is 31.2 Å². The van der Waals surface area contributed by atoms with Gasteiger partial charge in [-0.1, -0.05) is 23.9 Å². The number of hydrogen-bond donors (Lipinski definition) is 2. The lowest BCUT2D eigenvalue weighted by Crippen LogP contribution is -2.01. The van der Waals surface area contributed by atoms with Gasteiger partial charge in [0.2, 0.25) is 0 Å². The average Bonchev–Trinajstić information content (AvgIpc) is 2.35. The fourth-order valence-corrected chi connectivity index (χ4v) is 2.16. The van der Waals surface area contributed by atoms with E-state index in [0.717, 1.165) is 5.69 Å². The van der Waals surface area contributed by atoms with Crippen LogP contribution in [0.1, 0.15) is 5.69 Å². The Balaban J connectivity index is 2.30. The van der Waals surface area contributed by atoms with Crippen molar-refractivity contribution in [3.8, 4) is 0 Å². The molecule has 0 aliphatic heterocycles. The van der Waals surface area contributed by atoms with Crippen LogP contribution in [0.15, 0.2) is 41.3 Å². The van der Waals surface area contributed by atoms with Crippen LogP contribution in [0, 0.1) is 6.92 Å². The molecular formula is C13H13F2N3S. The van der Waals surface area contributed by atoms with Crippen LogP contribution < -0.4 is 11.1 Å². The number of halogens is 2. The number of aromatic nitrogens is 1. The molecule has 6 heteroatoms. The fourth-order valence-electron chi connectivity index (χ4n) is 1.56. The van der Waals surface area contributed by atoms with Crippen molar-refractivity contribution in [2.24, 2.45) is 0 Å². The van der Waals surface area contributed by atoms with Crippen molar-refractivity contribution in [3.63, 3.8) is 0 Å². The molecule has 0 saturated carbocycles. The largest absolute Gasteiger partial charge is 0.396 e. The molecule has 0 spiro atoms. The Kier molecular flexibility index (Phi) is 4.21. The van der Waals surface area contributed by atoms with E-state index in [4.69, 9.17) is 5.73 Å². The highest BCUT2D eigenvalue weighted by atomic mass is 32.2. The molecule has 3 N–H and O–H groups in total. The van der Waals surface area contributed by atoms with Crippen molar-refractivity contribution in [2.45, 2.75) is 17.6 Å². The van der Waals surface area contributed by atoms with Gasteiger partial charge in [-0.15, -0.1) is 0 Å². The van der Waals surface area contributed by atoms with E-state index in [1.54, 1.807) is 36.4 Å². The predicted octanol–water partition coefficient (Wildman–Crippen LogP) is 4.03. The molecule has 0 atom stereocenters. The zero-order valence-corrected chi connectivity index (χ0v) is 11.0. The molecule has 0 bridgehead atoms. The number of thioether (sulfide) groups is 1. The standard InChI is InChI=1S/C13H13F2N3S/c1-8-6-7-9(16)12(17-8)18-10-4-2-3-5-11(10)19-13(14)15/h2-7,13H,16H2,1H3,(H,17,18). The third-order valence-corrected chi connectivity index (χ3v) is 3.21. The van der Waals surface area contributed by atoms with E-state index in [-0.39, 0.29) is 0 Å². The summed E-state index contributed by atoms with van der Waals surface area (Å²) in [6, 6.07) is 10.3. The first-order valence-corrected chi connectivity index (χ1v) is 6.48. The van der Waals surface area contributed by atoms with Crippen molar-refractivity contribution in [3.05, 3.63) is 42.1 Å². The first-order chi connectivity index (χ1) is 9.06. The maximum atomic E-state index is 12.5. The molecule has 0 amide bonds. The van der Waals surface area contributed by atoms with Crippen molar-refractivity contribution in [1.29, 1.82) is 0 Å². The Morgan fingerprint density at radius 1 is 1.21 bits per heavy atom. The van der Waals surface area contributed by atoms with E-state index >= 15 is 0 Å². The van der Waals surface area contributed by atoms with Gasteiger partial charge in [-0.25, -0.2) is 4.98 Å². The highest BCUT2D eigenvalue weighted by Gasteiger charge is 2.11. The molecule has 0 saturated heterocycles. The topological polar surface area (TPSA) is 50.9 Å². The number of para-hydroxylation sites is 1. The highest BCUT2D eigenvalue weighted by Crippen LogP contribution is 2.33. The third-order valence-electron chi connectivity index (χ3n) is 2.42. The van der Waals surface area contributed by atoms with Gasteiger partial charge in [0.25, 0.3) is 5.76 Å². The monoisotopic (exact) mass is 281 g/mol. The number of rotatable bonds is 4. The van der Waals surface area contributed by atoms with Crippen LogP contribution in [-0.2, 0) is 0 Å². The van der Waals surface area contributed by atoms with Crippen molar-refractivity contribution in [1.82, 2.24) is 4.98 Å². The summed E-state index contributed by atoms with van der Waals surface area (Å²) in [5.41, 5.74) is 7.65. The second-order valence-corrected chi connectivity index (χ2v) is 4.92. The normalized spacial score (nSPS) is 10.7. The van der Waals surface area contributed by atoms with E-state index in [1.807, 2.05) is 6.92 Å². The molecule has 0 unspecified atom stereocenters. The smallest absolute Gasteiger partial charge is 0.288 e. The fraction of sp³-hybridized carbons (Fsp3) is 0.154. The van der Waals surface area contributed by atoms with Crippen molar-refractivity contribution >= 4 is 29.0 Å². The second kappa shape index (κ2) is 5.88. The highest BCUT2D eigenvalue weighted by molar-refractivity contribution is 7.99. The molecule has 0 aliphatic carbocycles. The summed E-state index contributed by atoms with van der Waals surface area (Å²) in [5.74, 6) is -1.99. The lowest BCUT2D eigenvalue weighted by atomic mass is 10.3. The van der Waals surface area contributed by atoms with Gasteiger partial charge in [0.1, 0.15) is 0 Å². The molecule has 3 nitrogen and oxygen atoms in total. The molecule has 2 rings (SSSR count). The Morgan fingerprint density at radius 2 is 1.95 bits per heavy atom. The molecule has 19 heavy (non-hydrogen) atoms. The summed E-state index contributed by atoms with van der Waals surface area (Å²) in [4.78, 5) is 4.71. The van der Waals surface area contributed by atoms with Gasteiger partial charge in [-0.3, -0.25) is 0 Å². The number of nitrogens with zero attached hydrogens (tertiary/aromatic N) is 1. The van der Waals surface area contributed by atoms with Gasteiger partial charge < -0.3 is 11.1 Å². The Morgan fingerprint density at radius 3 is 2.68 bits per heavy atom. The van der Waals surface area contributed by atoms with E-state index < -0.39 is 5.76 Å². The number of nitrogens with two attached hydrogens (primary N) is 1. The zero-order chi connectivity index (χ0) is 13.8. The van der Waals surface area contributed by atoms with Gasteiger partial charge in [0.15, 0.2) is 5.82 Å². The summed E-state index contributed by atoms with van der Waals surface area (Å²) in [6.07, 6.45) is 0. The van der Waals surface area contributed by atoms with Gasteiger partial charge in [0, 0.05) is 10.6 Å². The first-order valence-electron chi connectivity index (χ1n) is 5.60. The number of aryl methyl sites for hydroxylation is 1. The van der Waals surface area contributed by atoms with Crippen LogP contribution in [-0.4, -0.2) is 10.7 Å². The molecule has 1 aromatic heterocycles. The maximum Gasteiger partial charge on any atom is 0.288 e. The van der Waals surface area contributed by atoms with E-state index in [0.29, 0.717) is 33.9 Å². The van der Waals surface area contributed by atoms with Crippen LogP contribution in [0.5, 0.6) is 0 Å². The summed E-state index contributed by atoms with van der Waals surface area (Å²) in [6.45, 7) is 1.84. The number of nitrogens with one attached hydrogen (secondary N) is 1. The SMILES string of the molecule is Cc1ccc(N)c(Nc2ccccc2SC(F)F)n1. The molecule has 0 radical (unpaired) electrons. The Labute approximate surface area is 114 Å². The average molecular weight is 281 g/mol. The van der Waals surface area contributed by atoms with Gasteiger partial charge in [-0.2, -0.15) is 8.78 Å². The van der Waals surface area contributed by atoms with Crippen LogP contribution in [0.4, 0.5) is 26.0 Å². The molecule has 0 aliphatic rings. The Hall–Kier alpha value is -1.82. The number of anilines is 3. The van der Waals surface area contributed by atoms with E-state index in [2.05, 4.69) is 10.3 Å². The molecule has 100 valence electrons. The minimum Gasteiger partial charge on any atom is -0.396 e. The first kappa shape index (κ1) is 13.6. The minimum absolute atomic E-state index is 0.459. The molecule has 1 heterocycles. The predicted molar refractivity (Wildman–Crippen MR) is 75.0 cm³/mol. The minimum atomic E-state index is -2.47. The summed E-state index contributed by atoms with van der Waals surface area (Å²) in [5, 5.41) is 3.00. The molecular weight excluding hydrogens is 268 g/mol. The number of pyridine rings is 1. The third kappa shape index (κ3) is 3.57. The van der Waals surface area contributed by atoms with Crippen LogP contribution >= 0.6 is 11.8 Å². The van der Waals surface area contributed by atoms with Crippen LogP contribution in [0.25, 0.3) is 0 Å². The van der Waals surface area contributed by atoms with Crippen molar-refractivity contribution < 1.29 is 8.78 Å².